The lowest BCUT2D eigenvalue weighted by molar-refractivity contribution is -0.144. The molecule has 1 saturated carbocycles. The quantitative estimate of drug-likeness (QED) is 0.393. The Kier molecular flexibility index (Phi) is 8.83. The fourth-order valence-corrected chi connectivity index (χ4v) is 4.40. The molecule has 3 amide bonds. The Morgan fingerprint density at radius 3 is 1.92 bits per heavy atom. The van der Waals surface area contributed by atoms with Crippen molar-refractivity contribution in [2.45, 2.75) is 90.6 Å². The Bertz CT molecular complexity index is 1170. The summed E-state index contributed by atoms with van der Waals surface area (Å²) in [6.45, 7) is 12.8. The minimum absolute atomic E-state index is 0.0446. The second-order valence-electron chi connectivity index (χ2n) is 12.3. The van der Waals surface area contributed by atoms with Gasteiger partial charge in [-0.15, -0.1) is 0 Å². The molecule has 1 aliphatic carbocycles. The van der Waals surface area contributed by atoms with E-state index in [-0.39, 0.29) is 35.8 Å². The molecular formula is C30H41N3O6. The van der Waals surface area contributed by atoms with Gasteiger partial charge in [0.1, 0.15) is 29.2 Å². The fourth-order valence-electron chi connectivity index (χ4n) is 4.40. The van der Waals surface area contributed by atoms with Crippen LogP contribution in [0.15, 0.2) is 48.5 Å². The van der Waals surface area contributed by atoms with Gasteiger partial charge >= 0.3 is 6.09 Å². The van der Waals surface area contributed by atoms with Gasteiger partial charge in [0.25, 0.3) is 0 Å². The van der Waals surface area contributed by atoms with E-state index in [2.05, 4.69) is 10.6 Å². The number of amides is 3. The van der Waals surface area contributed by atoms with E-state index in [0.29, 0.717) is 17.5 Å². The normalized spacial score (nSPS) is 18.4. The van der Waals surface area contributed by atoms with Crippen LogP contribution in [-0.4, -0.2) is 56.2 Å². The summed E-state index contributed by atoms with van der Waals surface area (Å²) in [6, 6.07) is 10.4. The molecule has 0 bridgehead atoms. The minimum Gasteiger partial charge on any atom is -0.508 e. The maximum Gasteiger partial charge on any atom is 0.408 e. The lowest BCUT2D eigenvalue weighted by atomic mass is 9.98. The summed E-state index contributed by atoms with van der Waals surface area (Å²) in [5.41, 5.74) is -0.0766. The van der Waals surface area contributed by atoms with Crippen LogP contribution in [-0.2, 0) is 20.7 Å². The zero-order valence-electron chi connectivity index (χ0n) is 23.8. The first-order valence-electron chi connectivity index (χ1n) is 13.2. The molecule has 0 aromatic heterocycles. The van der Waals surface area contributed by atoms with E-state index in [1.807, 2.05) is 27.7 Å². The average Bonchev–Trinajstić information content (AvgIpc) is 3.52. The molecule has 39 heavy (non-hydrogen) atoms. The molecule has 4 atom stereocenters. The molecule has 9 heteroatoms. The molecule has 0 radical (unpaired) electrons. The van der Waals surface area contributed by atoms with Gasteiger partial charge in [0.15, 0.2) is 0 Å². The molecule has 212 valence electrons. The Labute approximate surface area is 230 Å². The number of nitrogens with zero attached hydrogens (tertiary/aromatic N) is 1. The van der Waals surface area contributed by atoms with Crippen LogP contribution in [0.1, 0.15) is 72.1 Å². The molecule has 1 aliphatic rings. The lowest BCUT2D eigenvalue weighted by Crippen LogP contribution is -2.56. The van der Waals surface area contributed by atoms with Crippen LogP contribution in [0.25, 0.3) is 0 Å². The molecule has 4 N–H and O–H groups in total. The third kappa shape index (κ3) is 8.63. The van der Waals surface area contributed by atoms with Gasteiger partial charge in [-0.1, -0.05) is 31.2 Å². The van der Waals surface area contributed by atoms with Gasteiger partial charge in [-0.2, -0.15) is 0 Å². The summed E-state index contributed by atoms with van der Waals surface area (Å²) in [5, 5.41) is 25.3. The highest BCUT2D eigenvalue weighted by Crippen LogP contribution is 2.41. The minimum atomic E-state index is -1.04. The summed E-state index contributed by atoms with van der Waals surface area (Å²) in [6.07, 6.45) is 0.0874. The Morgan fingerprint density at radius 1 is 0.949 bits per heavy atom. The number of carbonyl (C=O) groups excluding carboxylic acids is 3. The van der Waals surface area contributed by atoms with Crippen molar-refractivity contribution in [1.82, 2.24) is 15.5 Å². The summed E-state index contributed by atoms with van der Waals surface area (Å²) >= 11 is 0. The van der Waals surface area contributed by atoms with Crippen molar-refractivity contribution in [3.8, 4) is 11.5 Å². The van der Waals surface area contributed by atoms with E-state index < -0.39 is 35.2 Å². The molecule has 0 heterocycles. The van der Waals surface area contributed by atoms with Crippen LogP contribution < -0.4 is 10.6 Å². The number of nitrogens with one attached hydrogen (secondary N) is 2. The molecule has 0 aliphatic heterocycles. The summed E-state index contributed by atoms with van der Waals surface area (Å²) < 4.78 is 5.46. The van der Waals surface area contributed by atoms with Gasteiger partial charge < -0.3 is 30.5 Å². The largest absolute Gasteiger partial charge is 0.508 e. The molecule has 9 nitrogen and oxygen atoms in total. The Hall–Kier alpha value is -3.75. The first kappa shape index (κ1) is 29.8. The SMILES string of the molecule is CC1CC1N(C(=O)C(Cc1ccc(O)cc1)NC(=O)OC(C)(C)C)C(C(=O)NC(C)(C)C)c1ccc(O)cc1. The highest BCUT2D eigenvalue weighted by atomic mass is 16.6. The van der Waals surface area contributed by atoms with Crippen LogP contribution in [0.3, 0.4) is 0 Å². The number of hydrogen-bond donors (Lipinski definition) is 4. The van der Waals surface area contributed by atoms with Crippen molar-refractivity contribution in [3.05, 3.63) is 59.7 Å². The van der Waals surface area contributed by atoms with Crippen molar-refractivity contribution in [2.75, 3.05) is 0 Å². The highest BCUT2D eigenvalue weighted by Gasteiger charge is 2.48. The lowest BCUT2D eigenvalue weighted by Gasteiger charge is -2.36. The number of phenolic OH excluding ortho intramolecular Hbond substituents is 2. The molecule has 0 saturated heterocycles. The van der Waals surface area contributed by atoms with Crippen molar-refractivity contribution in [2.24, 2.45) is 5.92 Å². The number of alkyl carbamates (subject to hydrolysis) is 1. The zero-order chi connectivity index (χ0) is 29.1. The van der Waals surface area contributed by atoms with E-state index in [1.54, 1.807) is 49.9 Å². The predicted molar refractivity (Wildman–Crippen MR) is 148 cm³/mol. The smallest absolute Gasteiger partial charge is 0.408 e. The zero-order valence-corrected chi connectivity index (χ0v) is 23.8. The molecule has 2 aromatic rings. The van der Waals surface area contributed by atoms with Crippen LogP contribution in [0.5, 0.6) is 11.5 Å². The molecular weight excluding hydrogens is 498 g/mol. The van der Waals surface area contributed by atoms with E-state index in [1.165, 1.54) is 24.3 Å². The van der Waals surface area contributed by atoms with E-state index in [9.17, 15) is 24.6 Å². The van der Waals surface area contributed by atoms with E-state index >= 15 is 0 Å². The highest BCUT2D eigenvalue weighted by molar-refractivity contribution is 5.93. The first-order valence-corrected chi connectivity index (χ1v) is 13.2. The maximum absolute atomic E-state index is 14.4. The number of aromatic hydroxyl groups is 2. The maximum atomic E-state index is 14.4. The van der Waals surface area contributed by atoms with E-state index in [0.717, 1.165) is 0 Å². The van der Waals surface area contributed by atoms with Crippen LogP contribution >= 0.6 is 0 Å². The van der Waals surface area contributed by atoms with Crippen molar-refractivity contribution < 1.29 is 29.3 Å². The van der Waals surface area contributed by atoms with E-state index in [4.69, 9.17) is 4.74 Å². The van der Waals surface area contributed by atoms with Gasteiger partial charge in [0.2, 0.25) is 11.8 Å². The van der Waals surface area contributed by atoms with Gasteiger partial charge in [-0.05, 0) is 89.3 Å². The van der Waals surface area contributed by atoms with Gasteiger partial charge in [0.05, 0.1) is 0 Å². The molecule has 2 aromatic carbocycles. The predicted octanol–water partition coefficient (Wildman–Crippen LogP) is 4.43. The second kappa shape index (κ2) is 11.6. The van der Waals surface area contributed by atoms with Crippen molar-refractivity contribution >= 4 is 17.9 Å². The Balaban J connectivity index is 2.05. The number of benzene rings is 2. The second-order valence-corrected chi connectivity index (χ2v) is 12.3. The number of ether oxygens (including phenoxy) is 1. The number of hydrogen-bond acceptors (Lipinski definition) is 6. The molecule has 3 rings (SSSR count). The van der Waals surface area contributed by atoms with Crippen molar-refractivity contribution in [3.63, 3.8) is 0 Å². The standard InChI is InChI=1S/C30H41N3O6/c1-18-16-24(18)33(25(26(36)32-29(2,3)4)20-10-14-22(35)15-11-20)27(37)23(31-28(38)39-30(5,6)7)17-19-8-12-21(34)13-9-19/h8-15,18,23-25,34-35H,16-17H2,1-7H3,(H,31,38)(H,32,36). The molecule has 0 spiro atoms. The number of rotatable bonds is 8. The summed E-state index contributed by atoms with van der Waals surface area (Å²) in [4.78, 5) is 42.5. The summed E-state index contributed by atoms with van der Waals surface area (Å²) in [5.74, 6) is -0.497. The topological polar surface area (TPSA) is 128 Å². The van der Waals surface area contributed by atoms with Crippen LogP contribution in [0, 0.1) is 5.92 Å². The summed E-state index contributed by atoms with van der Waals surface area (Å²) in [7, 11) is 0. The molecule has 1 fully saturated rings. The number of carbonyl (C=O) groups is 3. The third-order valence-electron chi connectivity index (χ3n) is 6.28. The Morgan fingerprint density at radius 2 is 1.46 bits per heavy atom. The van der Waals surface area contributed by atoms with Crippen LogP contribution in [0.4, 0.5) is 4.79 Å². The van der Waals surface area contributed by atoms with Gasteiger partial charge in [-0.25, -0.2) is 4.79 Å². The third-order valence-corrected chi connectivity index (χ3v) is 6.28. The average molecular weight is 540 g/mol. The number of phenols is 2. The first-order chi connectivity index (χ1) is 18.0. The van der Waals surface area contributed by atoms with Crippen molar-refractivity contribution in [1.29, 1.82) is 0 Å². The molecule has 4 unspecified atom stereocenters. The van der Waals surface area contributed by atoms with Crippen LogP contribution in [0.2, 0.25) is 0 Å². The van der Waals surface area contributed by atoms with Gasteiger partial charge in [-0.3, -0.25) is 9.59 Å². The van der Waals surface area contributed by atoms with Gasteiger partial charge in [0, 0.05) is 18.0 Å². The monoisotopic (exact) mass is 539 g/mol. The fraction of sp³-hybridized carbons (Fsp3) is 0.500.